The van der Waals surface area contributed by atoms with Crippen molar-refractivity contribution in [3.63, 3.8) is 0 Å². The molecule has 0 aliphatic heterocycles. The van der Waals surface area contributed by atoms with E-state index in [1.54, 1.807) is 14.2 Å². The number of nitrogens with zero attached hydrogens (tertiary/aromatic N) is 3. The van der Waals surface area contributed by atoms with Crippen molar-refractivity contribution in [3.8, 4) is 11.5 Å². The quantitative estimate of drug-likeness (QED) is 0.479. The van der Waals surface area contributed by atoms with Crippen molar-refractivity contribution in [1.82, 2.24) is 14.8 Å². The van der Waals surface area contributed by atoms with Crippen molar-refractivity contribution in [3.05, 3.63) is 59.4 Å². The Hall–Kier alpha value is -3.00. The van der Waals surface area contributed by atoms with E-state index in [0.29, 0.717) is 0 Å². The number of carbonyl (C=O) groups excluding carboxylic acids is 1. The summed E-state index contributed by atoms with van der Waals surface area (Å²) in [5, 5.41) is 12.2. The maximum Gasteiger partial charge on any atom is 0.234 e. The van der Waals surface area contributed by atoms with Gasteiger partial charge in [-0.05, 0) is 67.3 Å². The second-order valence-corrected chi connectivity index (χ2v) is 8.11. The monoisotopic (exact) mass is 440 g/mol. The number of thioether (sulfide) groups is 1. The molecule has 1 heterocycles. The first-order valence-corrected chi connectivity index (χ1v) is 11.1. The van der Waals surface area contributed by atoms with E-state index in [9.17, 15) is 4.79 Å². The second kappa shape index (κ2) is 10.9. The van der Waals surface area contributed by atoms with Crippen LogP contribution < -0.4 is 14.8 Å². The van der Waals surface area contributed by atoms with Crippen LogP contribution in [-0.2, 0) is 24.7 Å². The maximum atomic E-state index is 12.2. The fourth-order valence-electron chi connectivity index (χ4n) is 3.20. The minimum absolute atomic E-state index is 0.0882. The third kappa shape index (κ3) is 6.24. The van der Waals surface area contributed by atoms with E-state index in [2.05, 4.69) is 34.6 Å². The van der Waals surface area contributed by atoms with Gasteiger partial charge in [-0.2, -0.15) is 0 Å². The zero-order chi connectivity index (χ0) is 22.2. The zero-order valence-corrected chi connectivity index (χ0v) is 19.2. The molecule has 3 rings (SSSR count). The summed E-state index contributed by atoms with van der Waals surface area (Å²) < 4.78 is 12.4. The van der Waals surface area contributed by atoms with E-state index in [4.69, 9.17) is 9.47 Å². The average molecular weight is 441 g/mol. The minimum Gasteiger partial charge on any atom is -0.497 e. The van der Waals surface area contributed by atoms with Gasteiger partial charge in [0.1, 0.15) is 17.3 Å². The maximum absolute atomic E-state index is 12.2. The lowest BCUT2D eigenvalue weighted by Crippen LogP contribution is -2.14. The normalized spacial score (nSPS) is 10.7. The zero-order valence-electron chi connectivity index (χ0n) is 18.3. The van der Waals surface area contributed by atoms with Gasteiger partial charge in [-0.25, -0.2) is 0 Å². The number of hydrogen-bond donors (Lipinski definition) is 1. The van der Waals surface area contributed by atoms with Crippen LogP contribution in [0.15, 0.2) is 47.6 Å². The van der Waals surface area contributed by atoms with E-state index in [-0.39, 0.29) is 11.7 Å². The molecular formula is C23H28N4O3S. The number of anilines is 1. The largest absolute Gasteiger partial charge is 0.497 e. The molecule has 7 nitrogen and oxygen atoms in total. The van der Waals surface area contributed by atoms with Crippen LogP contribution in [-0.4, -0.2) is 40.6 Å². The predicted octanol–water partition coefficient (Wildman–Crippen LogP) is 4.05. The van der Waals surface area contributed by atoms with Gasteiger partial charge in [0.05, 0.1) is 20.0 Å². The Labute approximate surface area is 187 Å². The summed E-state index contributed by atoms with van der Waals surface area (Å²) in [6.07, 6.45) is 2.77. The SMILES string of the molecule is COc1ccc(NC(=O)CSc2nnc(CCCc3ccc(OC)cc3C)n2C)cc1. The summed E-state index contributed by atoms with van der Waals surface area (Å²) >= 11 is 1.38. The van der Waals surface area contributed by atoms with Crippen LogP contribution in [0.1, 0.15) is 23.4 Å². The molecule has 2 aromatic carbocycles. The van der Waals surface area contributed by atoms with Gasteiger partial charge in [-0.3, -0.25) is 4.79 Å². The molecule has 0 radical (unpaired) electrons. The number of nitrogens with one attached hydrogen (secondary N) is 1. The molecule has 0 saturated heterocycles. The lowest BCUT2D eigenvalue weighted by molar-refractivity contribution is -0.113. The molecule has 0 fully saturated rings. The van der Waals surface area contributed by atoms with Gasteiger partial charge >= 0.3 is 0 Å². The number of ether oxygens (including phenoxy) is 2. The highest BCUT2D eigenvalue weighted by Crippen LogP contribution is 2.21. The number of carbonyl (C=O) groups is 1. The lowest BCUT2D eigenvalue weighted by atomic mass is 10.0. The molecule has 0 aliphatic rings. The number of methoxy groups -OCH3 is 2. The highest BCUT2D eigenvalue weighted by Gasteiger charge is 2.12. The molecule has 3 aromatic rings. The fourth-order valence-corrected chi connectivity index (χ4v) is 3.93. The molecule has 0 atom stereocenters. The van der Waals surface area contributed by atoms with Crippen LogP contribution in [0.4, 0.5) is 5.69 Å². The summed E-state index contributed by atoms with van der Waals surface area (Å²) in [5.74, 6) is 2.73. The number of amides is 1. The smallest absolute Gasteiger partial charge is 0.234 e. The van der Waals surface area contributed by atoms with Gasteiger partial charge < -0.3 is 19.4 Å². The van der Waals surface area contributed by atoms with Gasteiger partial charge in [0.2, 0.25) is 5.91 Å². The van der Waals surface area contributed by atoms with Crippen molar-refractivity contribution in [2.45, 2.75) is 31.3 Å². The Kier molecular flexibility index (Phi) is 7.94. The standard InChI is InChI=1S/C23H28N4O3S/c1-16-14-20(30-4)11-8-17(16)6-5-7-21-25-26-23(27(21)2)31-15-22(28)24-18-9-12-19(29-3)13-10-18/h8-14H,5-7,15H2,1-4H3,(H,24,28). The molecule has 8 heteroatoms. The molecule has 164 valence electrons. The molecule has 0 spiro atoms. The first kappa shape index (κ1) is 22.7. The van der Waals surface area contributed by atoms with Gasteiger partial charge in [-0.15, -0.1) is 10.2 Å². The molecule has 0 bridgehead atoms. The Morgan fingerprint density at radius 1 is 1.03 bits per heavy atom. The number of rotatable bonds is 10. The van der Waals surface area contributed by atoms with E-state index in [1.807, 2.05) is 41.9 Å². The minimum atomic E-state index is -0.0882. The summed E-state index contributed by atoms with van der Waals surface area (Å²) in [6, 6.07) is 13.4. The molecule has 31 heavy (non-hydrogen) atoms. The molecule has 0 saturated carbocycles. The van der Waals surface area contributed by atoms with E-state index in [1.165, 1.54) is 22.9 Å². The molecular weight excluding hydrogens is 412 g/mol. The Morgan fingerprint density at radius 3 is 2.42 bits per heavy atom. The Balaban J connectivity index is 1.47. The van der Waals surface area contributed by atoms with E-state index >= 15 is 0 Å². The van der Waals surface area contributed by atoms with Crippen LogP contribution in [0.25, 0.3) is 0 Å². The average Bonchev–Trinajstić information content (AvgIpc) is 3.13. The highest BCUT2D eigenvalue weighted by atomic mass is 32.2. The number of hydrogen-bond acceptors (Lipinski definition) is 6. The summed E-state index contributed by atoms with van der Waals surface area (Å²) in [4.78, 5) is 12.2. The lowest BCUT2D eigenvalue weighted by Gasteiger charge is -2.08. The van der Waals surface area contributed by atoms with Crippen LogP contribution in [0.5, 0.6) is 11.5 Å². The first-order chi connectivity index (χ1) is 15.0. The van der Waals surface area contributed by atoms with E-state index < -0.39 is 0 Å². The van der Waals surface area contributed by atoms with Crippen LogP contribution in [0.2, 0.25) is 0 Å². The molecule has 0 unspecified atom stereocenters. The summed E-state index contributed by atoms with van der Waals surface area (Å²) in [6.45, 7) is 2.10. The van der Waals surface area contributed by atoms with Crippen molar-refractivity contribution in [1.29, 1.82) is 0 Å². The molecule has 1 aromatic heterocycles. The van der Waals surface area contributed by atoms with Crippen LogP contribution in [0.3, 0.4) is 0 Å². The summed E-state index contributed by atoms with van der Waals surface area (Å²) in [5.41, 5.74) is 3.28. The third-order valence-corrected chi connectivity index (χ3v) is 6.05. The van der Waals surface area contributed by atoms with Crippen molar-refractivity contribution in [2.24, 2.45) is 7.05 Å². The Bertz CT molecular complexity index is 1020. The topological polar surface area (TPSA) is 78.3 Å². The van der Waals surface area contributed by atoms with Crippen molar-refractivity contribution >= 4 is 23.4 Å². The van der Waals surface area contributed by atoms with Gasteiger partial charge in [-0.1, -0.05) is 17.8 Å². The molecule has 1 amide bonds. The predicted molar refractivity (Wildman–Crippen MR) is 123 cm³/mol. The third-order valence-electron chi connectivity index (χ3n) is 5.03. The molecule has 0 aliphatic carbocycles. The van der Waals surface area contributed by atoms with Gasteiger partial charge in [0.15, 0.2) is 5.16 Å². The summed E-state index contributed by atoms with van der Waals surface area (Å²) in [7, 11) is 5.23. The Morgan fingerprint density at radius 2 is 1.74 bits per heavy atom. The van der Waals surface area contributed by atoms with Gasteiger partial charge in [0, 0.05) is 19.2 Å². The van der Waals surface area contributed by atoms with Gasteiger partial charge in [0.25, 0.3) is 0 Å². The molecule has 1 N–H and O–H groups in total. The highest BCUT2D eigenvalue weighted by molar-refractivity contribution is 7.99. The first-order valence-electron chi connectivity index (χ1n) is 10.1. The number of aromatic nitrogens is 3. The fraction of sp³-hybridized carbons (Fsp3) is 0.348. The van der Waals surface area contributed by atoms with E-state index in [0.717, 1.165) is 47.4 Å². The number of benzene rings is 2. The second-order valence-electron chi connectivity index (χ2n) is 7.17. The van der Waals surface area contributed by atoms with Crippen molar-refractivity contribution < 1.29 is 14.3 Å². The van der Waals surface area contributed by atoms with Crippen LogP contribution in [0, 0.1) is 6.92 Å². The number of aryl methyl sites for hydroxylation is 3. The van der Waals surface area contributed by atoms with Crippen LogP contribution >= 0.6 is 11.8 Å². The van der Waals surface area contributed by atoms with Crippen molar-refractivity contribution in [2.75, 3.05) is 25.3 Å².